The smallest absolute Gasteiger partial charge is 0.126 e. The van der Waals surface area contributed by atoms with E-state index in [2.05, 4.69) is 4.98 Å². The van der Waals surface area contributed by atoms with Gasteiger partial charge in [-0.3, -0.25) is 0 Å². The molecule has 96 valence electrons. The second-order valence-electron chi connectivity index (χ2n) is 4.35. The average molecular weight is 246 g/mol. The molecule has 1 atom stereocenters. The molecule has 0 fully saturated rings. The molecule has 0 radical (unpaired) electrons. The predicted octanol–water partition coefficient (Wildman–Crippen LogP) is 2.55. The van der Waals surface area contributed by atoms with E-state index < -0.39 is 6.10 Å². The van der Waals surface area contributed by atoms with Crippen LogP contribution >= 0.6 is 0 Å². The Kier molecular flexibility index (Phi) is 3.39. The fourth-order valence-electron chi connectivity index (χ4n) is 2.08. The Balaban J connectivity index is 2.67. The van der Waals surface area contributed by atoms with E-state index in [4.69, 9.17) is 4.74 Å². The molecular formula is C14H18N2O2. The van der Waals surface area contributed by atoms with E-state index in [0.29, 0.717) is 5.75 Å². The van der Waals surface area contributed by atoms with Crippen LogP contribution < -0.4 is 4.74 Å². The van der Waals surface area contributed by atoms with E-state index in [0.717, 1.165) is 22.6 Å². The van der Waals surface area contributed by atoms with Crippen molar-refractivity contribution in [2.45, 2.75) is 26.9 Å². The number of hydrogen-bond acceptors (Lipinski definition) is 3. The van der Waals surface area contributed by atoms with Gasteiger partial charge in [-0.2, -0.15) is 0 Å². The number of rotatable bonds is 3. The van der Waals surface area contributed by atoms with Crippen LogP contribution in [0.5, 0.6) is 5.75 Å². The quantitative estimate of drug-likeness (QED) is 0.905. The van der Waals surface area contributed by atoms with Gasteiger partial charge in [0.1, 0.15) is 5.75 Å². The first-order valence-corrected chi connectivity index (χ1v) is 5.92. The highest BCUT2D eigenvalue weighted by molar-refractivity contribution is 5.52. The van der Waals surface area contributed by atoms with Crippen LogP contribution in [0.4, 0.5) is 0 Å². The molecule has 0 aliphatic rings. The molecule has 0 saturated heterocycles. The molecular weight excluding hydrogens is 228 g/mol. The van der Waals surface area contributed by atoms with Gasteiger partial charge in [0.25, 0.3) is 0 Å². The zero-order valence-electron chi connectivity index (χ0n) is 11.1. The van der Waals surface area contributed by atoms with Crippen LogP contribution in [-0.4, -0.2) is 21.8 Å². The summed E-state index contributed by atoms with van der Waals surface area (Å²) in [5.74, 6) is 0.688. The van der Waals surface area contributed by atoms with Gasteiger partial charge in [-0.05, 0) is 32.9 Å². The van der Waals surface area contributed by atoms with Crippen molar-refractivity contribution in [1.82, 2.24) is 9.55 Å². The van der Waals surface area contributed by atoms with Gasteiger partial charge in [-0.15, -0.1) is 0 Å². The molecule has 0 aliphatic carbocycles. The third-order valence-electron chi connectivity index (χ3n) is 3.19. The Morgan fingerprint density at radius 3 is 2.56 bits per heavy atom. The molecule has 0 bridgehead atoms. The van der Waals surface area contributed by atoms with Crippen molar-refractivity contribution < 1.29 is 9.84 Å². The molecule has 0 unspecified atom stereocenters. The second kappa shape index (κ2) is 4.82. The van der Waals surface area contributed by atoms with E-state index in [1.54, 1.807) is 20.4 Å². The number of benzene rings is 1. The number of methoxy groups -OCH3 is 1. The zero-order chi connectivity index (χ0) is 13.3. The highest BCUT2D eigenvalue weighted by atomic mass is 16.5. The zero-order valence-corrected chi connectivity index (χ0v) is 11.1. The summed E-state index contributed by atoms with van der Waals surface area (Å²) in [5, 5.41) is 9.96. The van der Waals surface area contributed by atoms with Crippen molar-refractivity contribution in [2.24, 2.45) is 0 Å². The van der Waals surface area contributed by atoms with Crippen molar-refractivity contribution in [3.05, 3.63) is 41.5 Å². The molecule has 0 saturated carbocycles. The molecule has 2 aromatic rings. The Hall–Kier alpha value is -1.81. The lowest BCUT2D eigenvalue weighted by Crippen LogP contribution is -2.05. The van der Waals surface area contributed by atoms with Crippen LogP contribution in [-0.2, 0) is 0 Å². The minimum Gasteiger partial charge on any atom is -0.496 e. The van der Waals surface area contributed by atoms with Crippen LogP contribution in [0.3, 0.4) is 0 Å². The minimum atomic E-state index is -0.599. The standard InChI is InChI=1S/C14H18N2O2/c1-9-10(2)16(8-15-9)12-6-5-7-13(18-4)14(12)11(3)17/h5-8,11,17H,1-4H3/t11-/m1/s1. The van der Waals surface area contributed by atoms with Crippen molar-refractivity contribution in [1.29, 1.82) is 0 Å². The maximum atomic E-state index is 9.96. The van der Waals surface area contributed by atoms with Crippen molar-refractivity contribution >= 4 is 0 Å². The molecule has 1 heterocycles. The summed E-state index contributed by atoms with van der Waals surface area (Å²) < 4.78 is 7.29. The lowest BCUT2D eigenvalue weighted by molar-refractivity contribution is 0.194. The first-order chi connectivity index (χ1) is 8.56. The van der Waals surface area contributed by atoms with Gasteiger partial charge in [0.05, 0.1) is 30.9 Å². The normalized spacial score (nSPS) is 12.5. The molecule has 0 amide bonds. The second-order valence-corrected chi connectivity index (χ2v) is 4.35. The van der Waals surface area contributed by atoms with Crippen LogP contribution in [0.1, 0.15) is 30.0 Å². The van der Waals surface area contributed by atoms with Gasteiger partial charge in [-0.1, -0.05) is 6.07 Å². The molecule has 2 rings (SSSR count). The first kappa shape index (κ1) is 12.6. The van der Waals surface area contributed by atoms with E-state index in [9.17, 15) is 5.11 Å². The number of aliphatic hydroxyl groups is 1. The summed E-state index contributed by atoms with van der Waals surface area (Å²) in [6.07, 6.45) is 1.17. The van der Waals surface area contributed by atoms with Crippen molar-refractivity contribution in [3.63, 3.8) is 0 Å². The Morgan fingerprint density at radius 1 is 1.33 bits per heavy atom. The number of aromatic nitrogens is 2. The van der Waals surface area contributed by atoms with Crippen LogP contribution in [0.25, 0.3) is 5.69 Å². The third kappa shape index (κ3) is 1.99. The molecule has 0 spiro atoms. The van der Waals surface area contributed by atoms with E-state index in [1.807, 2.05) is 36.6 Å². The van der Waals surface area contributed by atoms with E-state index in [1.165, 1.54) is 0 Å². The summed E-state index contributed by atoms with van der Waals surface area (Å²) in [6.45, 7) is 5.71. The van der Waals surface area contributed by atoms with Gasteiger partial charge in [0.15, 0.2) is 0 Å². The van der Waals surface area contributed by atoms with Crippen molar-refractivity contribution in [3.8, 4) is 11.4 Å². The molecule has 4 heteroatoms. The highest BCUT2D eigenvalue weighted by Crippen LogP contribution is 2.31. The lowest BCUT2D eigenvalue weighted by Gasteiger charge is -2.17. The number of ether oxygens (including phenoxy) is 1. The molecule has 1 N–H and O–H groups in total. The predicted molar refractivity (Wildman–Crippen MR) is 70.2 cm³/mol. The molecule has 1 aromatic heterocycles. The molecule has 1 aromatic carbocycles. The Labute approximate surface area is 107 Å². The third-order valence-corrected chi connectivity index (χ3v) is 3.19. The number of nitrogens with zero attached hydrogens (tertiary/aromatic N) is 2. The van der Waals surface area contributed by atoms with Crippen molar-refractivity contribution in [2.75, 3.05) is 7.11 Å². The Bertz CT molecular complexity index is 559. The van der Waals surface area contributed by atoms with Gasteiger partial charge in [-0.25, -0.2) is 4.98 Å². The van der Waals surface area contributed by atoms with Crippen LogP contribution in [0, 0.1) is 13.8 Å². The summed E-state index contributed by atoms with van der Waals surface area (Å²) in [5.41, 5.74) is 3.72. The monoisotopic (exact) mass is 246 g/mol. The largest absolute Gasteiger partial charge is 0.496 e. The summed E-state index contributed by atoms with van der Waals surface area (Å²) >= 11 is 0. The Morgan fingerprint density at radius 2 is 2.06 bits per heavy atom. The van der Waals surface area contributed by atoms with E-state index in [-0.39, 0.29) is 0 Å². The fraction of sp³-hybridized carbons (Fsp3) is 0.357. The topological polar surface area (TPSA) is 47.3 Å². The van der Waals surface area contributed by atoms with Crippen LogP contribution in [0.2, 0.25) is 0 Å². The number of aryl methyl sites for hydroxylation is 1. The molecule has 18 heavy (non-hydrogen) atoms. The highest BCUT2D eigenvalue weighted by Gasteiger charge is 2.16. The van der Waals surface area contributed by atoms with Gasteiger partial charge < -0.3 is 14.4 Å². The summed E-state index contributed by atoms with van der Waals surface area (Å²) in [6, 6.07) is 5.72. The summed E-state index contributed by atoms with van der Waals surface area (Å²) in [7, 11) is 1.61. The SMILES string of the molecule is COc1cccc(-n2cnc(C)c2C)c1[C@@H](C)O. The molecule has 0 aliphatic heterocycles. The number of aliphatic hydroxyl groups excluding tert-OH is 1. The minimum absolute atomic E-state index is 0.599. The average Bonchev–Trinajstić information content (AvgIpc) is 2.69. The lowest BCUT2D eigenvalue weighted by atomic mass is 10.1. The fourth-order valence-corrected chi connectivity index (χ4v) is 2.08. The summed E-state index contributed by atoms with van der Waals surface area (Å²) in [4.78, 5) is 4.29. The number of imidazole rings is 1. The number of hydrogen-bond donors (Lipinski definition) is 1. The van der Waals surface area contributed by atoms with Gasteiger partial charge in [0, 0.05) is 11.3 Å². The van der Waals surface area contributed by atoms with Gasteiger partial charge in [0.2, 0.25) is 0 Å². The maximum Gasteiger partial charge on any atom is 0.126 e. The maximum absolute atomic E-state index is 9.96. The van der Waals surface area contributed by atoms with Crippen LogP contribution in [0.15, 0.2) is 24.5 Å². The van der Waals surface area contributed by atoms with E-state index >= 15 is 0 Å². The molecule has 4 nitrogen and oxygen atoms in total. The first-order valence-electron chi connectivity index (χ1n) is 5.92. The van der Waals surface area contributed by atoms with Gasteiger partial charge >= 0.3 is 0 Å².